The lowest BCUT2D eigenvalue weighted by molar-refractivity contribution is 0.0941. The predicted molar refractivity (Wildman–Crippen MR) is 141 cm³/mol. The van der Waals surface area contributed by atoms with Crippen molar-refractivity contribution >= 4 is 45.6 Å². The molecule has 0 saturated carbocycles. The van der Waals surface area contributed by atoms with E-state index < -0.39 is 0 Å². The van der Waals surface area contributed by atoms with Crippen LogP contribution in [0.2, 0.25) is 5.02 Å². The van der Waals surface area contributed by atoms with E-state index in [0.29, 0.717) is 29.4 Å². The van der Waals surface area contributed by atoms with Crippen LogP contribution < -0.4 is 10.6 Å². The Morgan fingerprint density at radius 2 is 1.92 bits per heavy atom. The molecule has 0 saturated heterocycles. The van der Waals surface area contributed by atoms with Gasteiger partial charge in [0.25, 0.3) is 5.91 Å². The number of aryl methyl sites for hydroxylation is 3. The van der Waals surface area contributed by atoms with Crippen LogP contribution in [0.15, 0.2) is 52.5 Å². The highest BCUT2D eigenvalue weighted by molar-refractivity contribution is 7.09. The molecule has 2 N–H and O–H groups in total. The number of amides is 1. The van der Waals surface area contributed by atoms with Gasteiger partial charge < -0.3 is 15.2 Å². The van der Waals surface area contributed by atoms with Gasteiger partial charge in [0.2, 0.25) is 5.82 Å². The minimum absolute atomic E-state index is 0.0864. The quantitative estimate of drug-likeness (QED) is 0.278. The number of hydrogen-bond acceptors (Lipinski definition) is 8. The molecule has 5 rings (SSSR count). The van der Waals surface area contributed by atoms with Crippen LogP contribution in [0.5, 0.6) is 0 Å². The van der Waals surface area contributed by atoms with E-state index in [2.05, 4.69) is 30.7 Å². The van der Waals surface area contributed by atoms with Crippen molar-refractivity contribution in [2.75, 3.05) is 5.32 Å². The highest BCUT2D eigenvalue weighted by atomic mass is 35.5. The van der Waals surface area contributed by atoms with Crippen molar-refractivity contribution in [1.82, 2.24) is 25.4 Å². The summed E-state index contributed by atoms with van der Waals surface area (Å²) in [4.78, 5) is 27.4. The van der Waals surface area contributed by atoms with Gasteiger partial charge in [0.05, 0.1) is 29.0 Å². The van der Waals surface area contributed by atoms with Gasteiger partial charge in [0.1, 0.15) is 11.6 Å². The van der Waals surface area contributed by atoms with Gasteiger partial charge in [-0.25, -0.2) is 15.0 Å². The van der Waals surface area contributed by atoms with E-state index in [9.17, 15) is 4.79 Å². The first-order chi connectivity index (χ1) is 17.4. The zero-order valence-electron chi connectivity index (χ0n) is 19.9. The van der Waals surface area contributed by atoms with Crippen molar-refractivity contribution in [2.45, 2.75) is 33.9 Å². The van der Waals surface area contributed by atoms with Crippen molar-refractivity contribution in [1.29, 1.82) is 0 Å². The van der Waals surface area contributed by atoms with E-state index in [-0.39, 0.29) is 11.7 Å². The molecule has 10 heteroatoms. The number of rotatable bonds is 7. The van der Waals surface area contributed by atoms with Crippen molar-refractivity contribution in [2.24, 2.45) is 0 Å². The molecule has 0 atom stereocenters. The third-order valence-electron chi connectivity index (χ3n) is 5.82. The number of carbonyl (C=O) groups is 1. The van der Waals surface area contributed by atoms with Gasteiger partial charge in [0, 0.05) is 27.4 Å². The number of anilines is 1. The molecule has 0 bridgehead atoms. The molecule has 3 aromatic heterocycles. The summed E-state index contributed by atoms with van der Waals surface area (Å²) in [7, 11) is 0. The van der Waals surface area contributed by atoms with E-state index in [1.54, 1.807) is 5.51 Å². The highest BCUT2D eigenvalue weighted by Crippen LogP contribution is 2.31. The van der Waals surface area contributed by atoms with Crippen LogP contribution in [-0.4, -0.2) is 26.0 Å². The van der Waals surface area contributed by atoms with Gasteiger partial charge >= 0.3 is 0 Å². The summed E-state index contributed by atoms with van der Waals surface area (Å²) in [5, 5.41) is 11.8. The zero-order chi connectivity index (χ0) is 25.2. The number of benzene rings is 2. The summed E-state index contributed by atoms with van der Waals surface area (Å²) in [6, 6.07) is 13.4. The van der Waals surface area contributed by atoms with Crippen LogP contribution in [0.3, 0.4) is 0 Å². The minimum Gasteiger partial charge on any atom is -0.365 e. The Balaban J connectivity index is 1.52. The lowest BCUT2D eigenvalue weighted by Crippen LogP contribution is -2.25. The van der Waals surface area contributed by atoms with Gasteiger partial charge in [-0.2, -0.15) is 0 Å². The monoisotopic (exact) mass is 518 g/mol. The van der Waals surface area contributed by atoms with Crippen LogP contribution >= 0.6 is 22.9 Å². The van der Waals surface area contributed by atoms with E-state index in [0.717, 1.165) is 44.1 Å². The molecule has 36 heavy (non-hydrogen) atoms. The summed E-state index contributed by atoms with van der Waals surface area (Å²) in [5.41, 5.74) is 6.96. The molecule has 0 aliphatic heterocycles. The lowest BCUT2D eigenvalue weighted by atomic mass is 10.0. The average Bonchev–Trinajstić information content (AvgIpc) is 3.44. The Hall–Kier alpha value is -3.82. The molecule has 0 aliphatic rings. The maximum Gasteiger partial charge on any atom is 0.289 e. The Bertz CT molecular complexity index is 1560. The second-order valence-corrected chi connectivity index (χ2v) is 9.73. The molecule has 8 nitrogen and oxygen atoms in total. The van der Waals surface area contributed by atoms with Gasteiger partial charge in [-0.05, 0) is 56.2 Å². The zero-order valence-corrected chi connectivity index (χ0v) is 21.5. The lowest BCUT2D eigenvalue weighted by Gasteiger charge is -2.13. The van der Waals surface area contributed by atoms with Crippen LogP contribution in [-0.2, 0) is 13.1 Å². The van der Waals surface area contributed by atoms with Gasteiger partial charge in [-0.1, -0.05) is 35.0 Å². The van der Waals surface area contributed by atoms with Crippen molar-refractivity contribution < 1.29 is 9.32 Å². The fraction of sp³-hybridized carbons (Fsp3) is 0.192. The maximum atomic E-state index is 13.0. The molecule has 1 amide bonds. The van der Waals surface area contributed by atoms with Gasteiger partial charge in [0.15, 0.2) is 0 Å². The predicted octanol–water partition coefficient (Wildman–Crippen LogP) is 5.86. The molecule has 5 aromatic rings. The fourth-order valence-corrected chi connectivity index (χ4v) is 4.91. The van der Waals surface area contributed by atoms with Crippen LogP contribution in [0.25, 0.3) is 22.0 Å². The Morgan fingerprint density at radius 1 is 1.06 bits per heavy atom. The molecular weight excluding hydrogens is 496 g/mol. The van der Waals surface area contributed by atoms with E-state index in [1.807, 2.05) is 63.2 Å². The number of nitrogens with one attached hydrogen (secondary N) is 2. The van der Waals surface area contributed by atoms with Crippen molar-refractivity contribution in [3.8, 4) is 11.1 Å². The summed E-state index contributed by atoms with van der Waals surface area (Å²) in [6.07, 6.45) is 0. The summed E-state index contributed by atoms with van der Waals surface area (Å²) in [6.45, 7) is 6.55. The molecule has 0 fully saturated rings. The molecule has 2 aromatic carbocycles. The fourth-order valence-electron chi connectivity index (χ4n) is 3.98. The summed E-state index contributed by atoms with van der Waals surface area (Å²) in [5.74, 6) is 1.01. The second-order valence-electron chi connectivity index (χ2n) is 8.35. The molecular formula is C26H23ClN6O2S. The number of aromatic nitrogens is 4. The van der Waals surface area contributed by atoms with Gasteiger partial charge in [-0.3, -0.25) is 4.79 Å². The van der Waals surface area contributed by atoms with Crippen LogP contribution in [0.4, 0.5) is 5.82 Å². The first kappa shape index (κ1) is 23.9. The molecule has 0 radical (unpaired) electrons. The summed E-state index contributed by atoms with van der Waals surface area (Å²) >= 11 is 7.66. The number of carbonyl (C=O) groups excluding carboxylic acids is 1. The standard InChI is InChI=1S/C26H23ClN6O2S/c1-14-22(36-13-30-14)12-29-26(34)25-31-21-8-7-18(23-15(2)33-35-16(23)3)10-20(21)24(32-25)28-11-17-5-4-6-19(27)9-17/h4-10,13H,11-12H2,1-3H3,(H,29,34)(H,28,31,32). The van der Waals surface area contributed by atoms with E-state index >= 15 is 0 Å². The molecule has 0 aliphatic carbocycles. The topological polar surface area (TPSA) is 106 Å². The Kier molecular flexibility index (Phi) is 6.67. The Labute approximate surface area is 216 Å². The summed E-state index contributed by atoms with van der Waals surface area (Å²) < 4.78 is 5.36. The second kappa shape index (κ2) is 10.0. The third-order valence-corrected chi connectivity index (χ3v) is 6.99. The van der Waals surface area contributed by atoms with Crippen LogP contribution in [0, 0.1) is 20.8 Å². The van der Waals surface area contributed by atoms with E-state index in [4.69, 9.17) is 16.1 Å². The minimum atomic E-state index is -0.356. The van der Waals surface area contributed by atoms with Crippen molar-refractivity contribution in [3.63, 3.8) is 0 Å². The molecule has 182 valence electrons. The SMILES string of the molecule is Cc1ncsc1CNC(=O)c1nc(NCc2cccc(Cl)c2)c2cc(-c3c(C)noc3C)ccc2n1. The number of hydrogen-bond donors (Lipinski definition) is 2. The molecule has 0 unspecified atom stereocenters. The van der Waals surface area contributed by atoms with E-state index in [1.165, 1.54) is 11.3 Å². The number of halogens is 1. The Morgan fingerprint density at radius 3 is 2.64 bits per heavy atom. The molecule has 3 heterocycles. The smallest absolute Gasteiger partial charge is 0.289 e. The average molecular weight is 519 g/mol. The largest absolute Gasteiger partial charge is 0.365 e. The third kappa shape index (κ3) is 4.93. The van der Waals surface area contributed by atoms with Crippen LogP contribution in [0.1, 0.15) is 38.2 Å². The number of fused-ring (bicyclic) bond motifs is 1. The molecule has 0 spiro atoms. The first-order valence-electron chi connectivity index (χ1n) is 11.3. The number of thiazole rings is 1. The van der Waals surface area contributed by atoms with Gasteiger partial charge in [-0.15, -0.1) is 11.3 Å². The highest BCUT2D eigenvalue weighted by Gasteiger charge is 2.18. The first-order valence-corrected chi connectivity index (χ1v) is 12.6. The maximum absolute atomic E-state index is 13.0. The normalized spacial score (nSPS) is 11.1. The van der Waals surface area contributed by atoms with Crippen molar-refractivity contribution in [3.05, 3.63) is 86.4 Å². The number of nitrogens with zero attached hydrogens (tertiary/aromatic N) is 4.